The molecule has 28 heavy (non-hydrogen) atoms. The van der Waals surface area contributed by atoms with Crippen molar-refractivity contribution in [3.8, 4) is 11.5 Å². The lowest BCUT2D eigenvalue weighted by atomic mass is 9.94. The van der Waals surface area contributed by atoms with E-state index in [0.29, 0.717) is 18.2 Å². The van der Waals surface area contributed by atoms with E-state index in [9.17, 15) is 9.18 Å². The highest BCUT2D eigenvalue weighted by atomic mass is 19.1. The number of carbonyl (C=O) groups excluding carboxylic acids is 1. The van der Waals surface area contributed by atoms with Crippen LogP contribution < -0.4 is 9.47 Å². The lowest BCUT2D eigenvalue weighted by molar-refractivity contribution is 0.0454. The lowest BCUT2D eigenvalue weighted by Gasteiger charge is -2.40. The first-order valence-electron chi connectivity index (χ1n) is 8.92. The van der Waals surface area contributed by atoms with Crippen LogP contribution in [0.15, 0.2) is 59.2 Å². The first kappa shape index (κ1) is 18.0. The van der Waals surface area contributed by atoms with E-state index in [2.05, 4.69) is 4.98 Å². The summed E-state index contributed by atoms with van der Waals surface area (Å²) in [5.41, 5.74) is 1.15. The Hall–Kier alpha value is -3.35. The van der Waals surface area contributed by atoms with Gasteiger partial charge in [0.05, 0.1) is 13.2 Å². The molecule has 1 atom stereocenters. The van der Waals surface area contributed by atoms with Gasteiger partial charge >= 0.3 is 0 Å². The van der Waals surface area contributed by atoms with E-state index in [1.807, 2.05) is 0 Å². The topological polar surface area (TPSA) is 64.8 Å². The molecule has 1 aromatic heterocycles. The second-order valence-electron chi connectivity index (χ2n) is 6.45. The molecule has 1 fully saturated rings. The van der Waals surface area contributed by atoms with E-state index in [1.165, 1.54) is 18.4 Å². The van der Waals surface area contributed by atoms with Crippen LogP contribution in [0.4, 0.5) is 4.39 Å². The number of amides is 1. The molecule has 0 bridgehead atoms. The maximum absolute atomic E-state index is 13.1. The van der Waals surface area contributed by atoms with Gasteiger partial charge in [0.25, 0.3) is 5.91 Å². The number of likely N-dealkylation sites (tertiary alicyclic amines) is 1. The summed E-state index contributed by atoms with van der Waals surface area (Å²) >= 11 is 0. The van der Waals surface area contributed by atoms with Crippen molar-refractivity contribution in [1.82, 2.24) is 9.88 Å². The van der Waals surface area contributed by atoms with Crippen LogP contribution in [-0.4, -0.2) is 29.4 Å². The molecule has 1 aliphatic rings. The van der Waals surface area contributed by atoms with Gasteiger partial charge in [-0.1, -0.05) is 12.1 Å². The first-order chi connectivity index (χ1) is 13.6. The van der Waals surface area contributed by atoms with Crippen molar-refractivity contribution in [3.05, 3.63) is 77.8 Å². The molecular formula is C21H19FN2O4. The number of hydrogen-bond acceptors (Lipinski definition) is 5. The molecule has 0 N–H and O–H groups in total. The average Bonchev–Trinajstić information content (AvgIpc) is 3.17. The number of ether oxygens (including phenoxy) is 2. The molecule has 144 valence electrons. The van der Waals surface area contributed by atoms with Gasteiger partial charge in [0.2, 0.25) is 5.89 Å². The quantitative estimate of drug-likeness (QED) is 0.645. The molecule has 0 unspecified atom stereocenters. The van der Waals surface area contributed by atoms with Crippen molar-refractivity contribution >= 4 is 5.91 Å². The largest absolute Gasteiger partial charge is 0.497 e. The number of nitrogens with zero attached hydrogens (tertiary/aromatic N) is 2. The molecule has 6 nitrogen and oxygen atoms in total. The van der Waals surface area contributed by atoms with Crippen LogP contribution >= 0.6 is 0 Å². The molecule has 1 saturated heterocycles. The van der Waals surface area contributed by atoms with Gasteiger partial charge in [-0.25, -0.2) is 9.37 Å². The first-order valence-corrected chi connectivity index (χ1v) is 8.92. The second-order valence-corrected chi connectivity index (χ2v) is 6.45. The minimum absolute atomic E-state index is 0.0659. The summed E-state index contributed by atoms with van der Waals surface area (Å²) in [4.78, 5) is 18.7. The highest BCUT2D eigenvalue weighted by Gasteiger charge is 2.35. The Labute approximate surface area is 161 Å². The standard InChI is InChI=1S/C21H19FN2O4/c1-26-16-6-8-17(9-7-16)27-13-20-23-18(12-28-20)21(25)24-11-10-19(24)14-2-4-15(22)5-3-14/h2-9,12,19H,10-11,13H2,1H3/t19-/m1/s1. The Bertz CT molecular complexity index is 953. The van der Waals surface area contributed by atoms with Crippen molar-refractivity contribution in [2.75, 3.05) is 13.7 Å². The predicted molar refractivity (Wildman–Crippen MR) is 98.6 cm³/mol. The van der Waals surface area contributed by atoms with Gasteiger partial charge in [0, 0.05) is 6.54 Å². The van der Waals surface area contributed by atoms with Gasteiger partial charge in [0.1, 0.15) is 23.6 Å². The zero-order valence-electron chi connectivity index (χ0n) is 15.3. The summed E-state index contributed by atoms with van der Waals surface area (Å²) in [5.74, 6) is 1.20. The van der Waals surface area contributed by atoms with Crippen molar-refractivity contribution in [1.29, 1.82) is 0 Å². The zero-order valence-corrected chi connectivity index (χ0v) is 15.3. The molecule has 7 heteroatoms. The third-order valence-corrected chi connectivity index (χ3v) is 4.73. The molecule has 2 heterocycles. The number of methoxy groups -OCH3 is 1. The fourth-order valence-corrected chi connectivity index (χ4v) is 3.10. The summed E-state index contributed by atoms with van der Waals surface area (Å²) in [6.07, 6.45) is 2.18. The van der Waals surface area contributed by atoms with Gasteiger partial charge < -0.3 is 18.8 Å². The molecule has 1 aliphatic heterocycles. The Kier molecular flexibility index (Phi) is 4.97. The predicted octanol–water partition coefficient (Wildman–Crippen LogP) is 3.99. The van der Waals surface area contributed by atoms with E-state index in [1.54, 1.807) is 48.4 Å². The molecular weight excluding hydrogens is 363 g/mol. The van der Waals surface area contributed by atoms with Crippen LogP contribution in [0.25, 0.3) is 0 Å². The number of benzene rings is 2. The third kappa shape index (κ3) is 3.69. The van der Waals surface area contributed by atoms with Crippen LogP contribution in [-0.2, 0) is 6.61 Å². The average molecular weight is 382 g/mol. The monoisotopic (exact) mass is 382 g/mol. The van der Waals surface area contributed by atoms with Gasteiger partial charge in [-0.05, 0) is 48.4 Å². The summed E-state index contributed by atoms with van der Waals surface area (Å²) in [6, 6.07) is 13.3. The number of halogens is 1. The summed E-state index contributed by atoms with van der Waals surface area (Å²) in [5, 5.41) is 0. The fourth-order valence-electron chi connectivity index (χ4n) is 3.10. The number of rotatable bonds is 6. The summed E-state index contributed by atoms with van der Waals surface area (Å²) < 4.78 is 29.2. The van der Waals surface area contributed by atoms with Crippen LogP contribution in [0, 0.1) is 5.82 Å². The number of aromatic nitrogens is 1. The summed E-state index contributed by atoms with van der Waals surface area (Å²) in [6.45, 7) is 0.742. The van der Waals surface area contributed by atoms with Crippen LogP contribution in [0.5, 0.6) is 11.5 Å². The fraction of sp³-hybridized carbons (Fsp3) is 0.238. The molecule has 0 aliphatic carbocycles. The van der Waals surface area contributed by atoms with Gasteiger partial charge in [-0.15, -0.1) is 0 Å². The normalized spacial score (nSPS) is 15.8. The minimum atomic E-state index is -0.293. The van der Waals surface area contributed by atoms with Crippen LogP contribution in [0.1, 0.15) is 34.4 Å². The smallest absolute Gasteiger partial charge is 0.276 e. The maximum Gasteiger partial charge on any atom is 0.276 e. The number of carbonyl (C=O) groups is 1. The van der Waals surface area contributed by atoms with Gasteiger partial charge in [0.15, 0.2) is 12.3 Å². The van der Waals surface area contributed by atoms with Gasteiger partial charge in [-0.2, -0.15) is 0 Å². The van der Waals surface area contributed by atoms with E-state index in [0.717, 1.165) is 17.7 Å². The lowest BCUT2D eigenvalue weighted by Crippen LogP contribution is -2.45. The van der Waals surface area contributed by atoms with Gasteiger partial charge in [-0.3, -0.25) is 4.79 Å². The van der Waals surface area contributed by atoms with E-state index < -0.39 is 0 Å². The van der Waals surface area contributed by atoms with E-state index in [4.69, 9.17) is 13.9 Å². The molecule has 0 radical (unpaired) electrons. The Morgan fingerprint density at radius 1 is 1.18 bits per heavy atom. The highest BCUT2D eigenvalue weighted by molar-refractivity contribution is 5.92. The molecule has 0 saturated carbocycles. The Balaban J connectivity index is 1.38. The molecule has 0 spiro atoms. The SMILES string of the molecule is COc1ccc(OCc2nc(C(=O)N3CC[C@@H]3c3ccc(F)cc3)co2)cc1. The molecule has 3 aromatic rings. The van der Waals surface area contributed by atoms with Crippen molar-refractivity contribution in [3.63, 3.8) is 0 Å². The van der Waals surface area contributed by atoms with Crippen molar-refractivity contribution in [2.45, 2.75) is 19.1 Å². The van der Waals surface area contributed by atoms with Crippen LogP contribution in [0.2, 0.25) is 0 Å². The van der Waals surface area contributed by atoms with E-state index >= 15 is 0 Å². The van der Waals surface area contributed by atoms with Crippen LogP contribution in [0.3, 0.4) is 0 Å². The number of oxazole rings is 1. The van der Waals surface area contributed by atoms with Crippen molar-refractivity contribution in [2.24, 2.45) is 0 Å². The zero-order chi connectivity index (χ0) is 19.5. The summed E-state index contributed by atoms with van der Waals surface area (Å²) in [7, 11) is 1.60. The number of hydrogen-bond donors (Lipinski definition) is 0. The molecule has 2 aromatic carbocycles. The highest BCUT2D eigenvalue weighted by Crippen LogP contribution is 2.34. The molecule has 4 rings (SSSR count). The maximum atomic E-state index is 13.1. The second kappa shape index (κ2) is 7.72. The van der Waals surface area contributed by atoms with Crippen molar-refractivity contribution < 1.29 is 23.1 Å². The Morgan fingerprint density at radius 3 is 2.54 bits per heavy atom. The third-order valence-electron chi connectivity index (χ3n) is 4.73. The van der Waals surface area contributed by atoms with E-state index in [-0.39, 0.29) is 30.1 Å². The molecule has 1 amide bonds. The minimum Gasteiger partial charge on any atom is -0.497 e. The Morgan fingerprint density at radius 2 is 1.89 bits per heavy atom.